The minimum Gasteiger partial charge on any atom is -0.399 e. The normalized spacial score (nSPS) is 21.0. The highest BCUT2D eigenvalue weighted by Gasteiger charge is 2.21. The van der Waals surface area contributed by atoms with E-state index in [4.69, 9.17) is 5.73 Å². The molecule has 0 spiro atoms. The van der Waals surface area contributed by atoms with Crippen molar-refractivity contribution in [3.63, 3.8) is 0 Å². The zero-order valence-electron chi connectivity index (χ0n) is 22.3. The van der Waals surface area contributed by atoms with Crippen LogP contribution in [-0.2, 0) is 19.4 Å². The first kappa shape index (κ1) is 25.9. The monoisotopic (exact) mass is 497 g/mol. The Morgan fingerprint density at radius 1 is 0.919 bits per heavy atom. The predicted octanol–water partition coefficient (Wildman–Crippen LogP) is 6.07. The van der Waals surface area contributed by atoms with Crippen LogP contribution in [0, 0.1) is 11.8 Å². The van der Waals surface area contributed by atoms with E-state index in [0.717, 1.165) is 82.1 Å². The molecule has 1 saturated heterocycles. The molecule has 1 fully saturated rings. The molecule has 5 rings (SSSR count). The van der Waals surface area contributed by atoms with Gasteiger partial charge in [0.1, 0.15) is 0 Å². The number of nitrogens with zero attached hydrogens (tertiary/aromatic N) is 2. The summed E-state index contributed by atoms with van der Waals surface area (Å²) in [7, 11) is 0. The van der Waals surface area contributed by atoms with Gasteiger partial charge >= 0.3 is 0 Å². The largest absolute Gasteiger partial charge is 0.399 e. The lowest BCUT2D eigenvalue weighted by Crippen LogP contribution is -2.33. The van der Waals surface area contributed by atoms with Gasteiger partial charge in [0.05, 0.1) is 0 Å². The smallest absolute Gasteiger partial charge is 0.162 e. The number of hydrogen-bond acceptors (Lipinski definition) is 4. The number of rotatable bonds is 9. The fraction of sp³-hybridized carbons (Fsp3) is 0.485. The molecular formula is C33H43N3O. The number of fused-ring (bicyclic) bond motifs is 1. The van der Waals surface area contributed by atoms with Gasteiger partial charge in [0.25, 0.3) is 0 Å². The maximum Gasteiger partial charge on any atom is 0.162 e. The number of nitrogen functional groups attached to an aromatic ring is 1. The summed E-state index contributed by atoms with van der Waals surface area (Å²) in [6.07, 6.45) is 17.6. The second-order valence-electron chi connectivity index (χ2n) is 11.4. The van der Waals surface area contributed by atoms with Crippen molar-refractivity contribution < 1.29 is 4.79 Å². The third kappa shape index (κ3) is 7.43. The molecular weight excluding hydrogens is 454 g/mol. The summed E-state index contributed by atoms with van der Waals surface area (Å²) in [6.45, 7) is 6.62. The molecule has 4 heteroatoms. The number of piperidine rings is 1. The number of allylic oxidation sites excluding steroid dienone is 3. The van der Waals surface area contributed by atoms with Gasteiger partial charge in [-0.3, -0.25) is 9.69 Å². The number of anilines is 1. The van der Waals surface area contributed by atoms with Crippen LogP contribution in [0.2, 0.25) is 0 Å². The molecule has 2 heterocycles. The van der Waals surface area contributed by atoms with Crippen LogP contribution in [0.5, 0.6) is 0 Å². The Kier molecular flexibility index (Phi) is 8.91. The van der Waals surface area contributed by atoms with E-state index < -0.39 is 0 Å². The lowest BCUT2D eigenvalue weighted by Gasteiger charge is -2.32. The summed E-state index contributed by atoms with van der Waals surface area (Å²) in [5.41, 5.74) is 11.8. The maximum atomic E-state index is 13.0. The van der Waals surface area contributed by atoms with Crippen LogP contribution < -0.4 is 5.73 Å². The van der Waals surface area contributed by atoms with Crippen LogP contribution >= 0.6 is 0 Å². The van der Waals surface area contributed by atoms with Crippen molar-refractivity contribution in [2.24, 2.45) is 11.8 Å². The topological polar surface area (TPSA) is 49.6 Å². The van der Waals surface area contributed by atoms with Crippen molar-refractivity contribution in [3.05, 3.63) is 89.0 Å². The van der Waals surface area contributed by atoms with Crippen LogP contribution in [0.1, 0.15) is 65.6 Å². The SMILES string of the molecule is Nc1cccc(CN2CCC(CCCC(=O)c3ccc4c(c3)CCN(CC3C=CC=CC3)CC4)CC2)c1. The molecule has 2 aromatic carbocycles. The van der Waals surface area contributed by atoms with E-state index in [1.165, 1.54) is 36.0 Å². The molecule has 4 nitrogen and oxygen atoms in total. The van der Waals surface area contributed by atoms with E-state index in [1.807, 2.05) is 12.1 Å². The third-order valence-electron chi connectivity index (χ3n) is 8.57. The van der Waals surface area contributed by atoms with Gasteiger partial charge < -0.3 is 10.6 Å². The fourth-order valence-corrected chi connectivity index (χ4v) is 6.30. The molecule has 2 N–H and O–H groups in total. The Hall–Kier alpha value is -2.69. The fourth-order valence-electron chi connectivity index (χ4n) is 6.30. The summed E-state index contributed by atoms with van der Waals surface area (Å²) in [5, 5.41) is 0. The number of hydrogen-bond donors (Lipinski definition) is 1. The Balaban J connectivity index is 1.04. The first-order valence-corrected chi connectivity index (χ1v) is 14.4. The lowest BCUT2D eigenvalue weighted by molar-refractivity contribution is 0.0974. The van der Waals surface area contributed by atoms with Gasteiger partial charge in [-0.05, 0) is 105 Å². The molecule has 1 unspecified atom stereocenters. The Morgan fingerprint density at radius 2 is 1.76 bits per heavy atom. The van der Waals surface area contributed by atoms with Crippen LogP contribution in [0.3, 0.4) is 0 Å². The molecule has 2 aromatic rings. The molecule has 2 aliphatic heterocycles. The number of Topliss-reactive ketones (excluding diaryl/α,β-unsaturated/α-hetero) is 1. The molecule has 3 aliphatic rings. The summed E-state index contributed by atoms with van der Waals surface area (Å²) in [6, 6.07) is 14.8. The molecule has 1 atom stereocenters. The second-order valence-corrected chi connectivity index (χ2v) is 11.4. The average molecular weight is 498 g/mol. The van der Waals surface area contributed by atoms with Crippen LogP contribution in [0.4, 0.5) is 5.69 Å². The van der Waals surface area contributed by atoms with Gasteiger partial charge in [0, 0.05) is 43.9 Å². The molecule has 0 radical (unpaired) electrons. The minimum absolute atomic E-state index is 0.321. The van der Waals surface area contributed by atoms with Gasteiger partial charge in [-0.15, -0.1) is 0 Å². The van der Waals surface area contributed by atoms with Crippen molar-refractivity contribution in [1.82, 2.24) is 9.80 Å². The van der Waals surface area contributed by atoms with E-state index in [2.05, 4.69) is 64.4 Å². The van der Waals surface area contributed by atoms with Gasteiger partial charge in [0.2, 0.25) is 0 Å². The van der Waals surface area contributed by atoms with Crippen LogP contribution in [-0.4, -0.2) is 48.3 Å². The van der Waals surface area contributed by atoms with Crippen molar-refractivity contribution in [2.45, 2.75) is 57.9 Å². The molecule has 0 aromatic heterocycles. The minimum atomic E-state index is 0.321. The van der Waals surface area contributed by atoms with Crippen molar-refractivity contribution in [1.29, 1.82) is 0 Å². The third-order valence-corrected chi connectivity index (χ3v) is 8.57. The maximum absolute atomic E-state index is 13.0. The van der Waals surface area contributed by atoms with Crippen LogP contribution in [0.15, 0.2) is 66.8 Å². The number of likely N-dealkylation sites (tertiary alicyclic amines) is 1. The average Bonchev–Trinajstić information content (AvgIpc) is 3.12. The Morgan fingerprint density at radius 3 is 2.54 bits per heavy atom. The van der Waals surface area contributed by atoms with Gasteiger partial charge in [-0.2, -0.15) is 0 Å². The highest BCUT2D eigenvalue weighted by molar-refractivity contribution is 5.96. The number of ketones is 1. The number of carbonyl (C=O) groups is 1. The summed E-state index contributed by atoms with van der Waals surface area (Å²) in [4.78, 5) is 18.2. The summed E-state index contributed by atoms with van der Waals surface area (Å²) >= 11 is 0. The second kappa shape index (κ2) is 12.7. The van der Waals surface area contributed by atoms with Crippen molar-refractivity contribution in [3.8, 4) is 0 Å². The van der Waals surface area contributed by atoms with E-state index >= 15 is 0 Å². The van der Waals surface area contributed by atoms with Gasteiger partial charge in [-0.1, -0.05) is 48.6 Å². The lowest BCUT2D eigenvalue weighted by atomic mass is 9.90. The predicted molar refractivity (Wildman–Crippen MR) is 154 cm³/mol. The molecule has 1 aliphatic carbocycles. The highest BCUT2D eigenvalue weighted by Crippen LogP contribution is 2.25. The first-order chi connectivity index (χ1) is 18.1. The summed E-state index contributed by atoms with van der Waals surface area (Å²) < 4.78 is 0. The first-order valence-electron chi connectivity index (χ1n) is 14.4. The molecule has 0 amide bonds. The zero-order chi connectivity index (χ0) is 25.5. The van der Waals surface area contributed by atoms with Gasteiger partial charge in [-0.25, -0.2) is 0 Å². The van der Waals surface area contributed by atoms with Crippen LogP contribution in [0.25, 0.3) is 0 Å². The molecule has 196 valence electrons. The quantitative estimate of drug-likeness (QED) is 0.338. The van der Waals surface area contributed by atoms with Gasteiger partial charge in [0.15, 0.2) is 5.78 Å². The van der Waals surface area contributed by atoms with E-state index in [-0.39, 0.29) is 0 Å². The van der Waals surface area contributed by atoms with Crippen molar-refractivity contribution in [2.75, 3.05) is 38.5 Å². The number of benzene rings is 2. The van der Waals surface area contributed by atoms with E-state index in [1.54, 1.807) is 0 Å². The summed E-state index contributed by atoms with van der Waals surface area (Å²) in [5.74, 6) is 1.71. The number of carbonyl (C=O) groups excluding carboxylic acids is 1. The van der Waals surface area contributed by atoms with Crippen molar-refractivity contribution >= 4 is 11.5 Å². The Bertz CT molecular complexity index is 1110. The zero-order valence-corrected chi connectivity index (χ0v) is 22.3. The molecule has 0 saturated carbocycles. The highest BCUT2D eigenvalue weighted by atomic mass is 16.1. The number of nitrogens with two attached hydrogens (primary N) is 1. The Labute approximate surface area is 223 Å². The van der Waals surface area contributed by atoms with E-state index in [0.29, 0.717) is 18.1 Å². The van der Waals surface area contributed by atoms with E-state index in [9.17, 15) is 4.79 Å². The molecule has 0 bridgehead atoms. The molecule has 37 heavy (non-hydrogen) atoms. The standard InChI is InChI=1S/C33H43N3O/c34-32-10-4-9-28(22-32)25-35-18-14-26(15-19-35)8-5-11-33(37)31-13-12-29-16-20-36(21-17-30(29)23-31)24-27-6-2-1-3-7-27/h1-4,6,9-10,12-13,22-23,26-27H,5,7-8,11,14-21,24-25,34H2.